The smallest absolute Gasteiger partial charge is 0.279 e. The van der Waals surface area contributed by atoms with Gasteiger partial charge in [-0.15, -0.1) is 0 Å². The molecule has 8 nitrogen and oxygen atoms in total. The van der Waals surface area contributed by atoms with Gasteiger partial charge in [-0.05, 0) is 30.2 Å². The van der Waals surface area contributed by atoms with E-state index in [0.29, 0.717) is 32.0 Å². The molecule has 1 fully saturated rings. The molecule has 29 heavy (non-hydrogen) atoms. The number of hydrogen-bond acceptors (Lipinski definition) is 5. The SMILES string of the molecule is CN(Cc1ccccc1)S(=O)(=O)NC1CCN(c2nccc(-c3ccc[nH]3)n2)C1. The van der Waals surface area contributed by atoms with Gasteiger partial charge in [-0.3, -0.25) is 0 Å². The molecule has 1 aliphatic rings. The molecule has 0 saturated carbocycles. The molecule has 152 valence electrons. The summed E-state index contributed by atoms with van der Waals surface area (Å²) in [4.78, 5) is 14.1. The molecule has 3 aromatic rings. The van der Waals surface area contributed by atoms with E-state index >= 15 is 0 Å². The van der Waals surface area contributed by atoms with E-state index < -0.39 is 10.2 Å². The summed E-state index contributed by atoms with van der Waals surface area (Å²) >= 11 is 0. The summed E-state index contributed by atoms with van der Waals surface area (Å²) in [5, 5.41) is 0. The van der Waals surface area contributed by atoms with Gasteiger partial charge in [0.1, 0.15) is 0 Å². The van der Waals surface area contributed by atoms with Crippen molar-refractivity contribution >= 4 is 16.2 Å². The molecule has 1 saturated heterocycles. The van der Waals surface area contributed by atoms with Crippen LogP contribution in [0.3, 0.4) is 0 Å². The molecule has 0 bridgehead atoms. The molecular formula is C20H24N6O2S. The maximum absolute atomic E-state index is 12.7. The van der Waals surface area contributed by atoms with Gasteiger partial charge >= 0.3 is 0 Å². The van der Waals surface area contributed by atoms with Crippen molar-refractivity contribution in [2.45, 2.75) is 19.0 Å². The monoisotopic (exact) mass is 412 g/mol. The molecule has 4 rings (SSSR count). The zero-order valence-corrected chi connectivity index (χ0v) is 17.0. The summed E-state index contributed by atoms with van der Waals surface area (Å²) in [6.45, 7) is 1.56. The lowest BCUT2D eigenvalue weighted by Crippen LogP contribution is -2.44. The van der Waals surface area contributed by atoms with Gasteiger partial charge in [0.15, 0.2) is 0 Å². The van der Waals surface area contributed by atoms with Crippen LogP contribution < -0.4 is 9.62 Å². The average Bonchev–Trinajstić information content (AvgIpc) is 3.41. The third-order valence-electron chi connectivity index (χ3n) is 4.96. The number of aromatic nitrogens is 3. The van der Waals surface area contributed by atoms with Crippen molar-refractivity contribution < 1.29 is 8.42 Å². The molecule has 0 spiro atoms. The summed E-state index contributed by atoms with van der Waals surface area (Å²) in [6.07, 6.45) is 4.28. The number of benzene rings is 1. The molecule has 2 N–H and O–H groups in total. The highest BCUT2D eigenvalue weighted by atomic mass is 32.2. The van der Waals surface area contributed by atoms with Gasteiger partial charge in [0, 0.05) is 45.1 Å². The van der Waals surface area contributed by atoms with E-state index in [1.54, 1.807) is 13.2 Å². The first-order valence-corrected chi connectivity index (χ1v) is 10.9. The zero-order chi connectivity index (χ0) is 20.3. The zero-order valence-electron chi connectivity index (χ0n) is 16.2. The van der Waals surface area contributed by atoms with Crippen LogP contribution >= 0.6 is 0 Å². The number of aromatic amines is 1. The fourth-order valence-electron chi connectivity index (χ4n) is 3.40. The summed E-state index contributed by atoms with van der Waals surface area (Å²) < 4.78 is 29.6. The van der Waals surface area contributed by atoms with Crippen LogP contribution in [0.1, 0.15) is 12.0 Å². The van der Waals surface area contributed by atoms with Crippen LogP contribution in [0.4, 0.5) is 5.95 Å². The first kappa shape index (κ1) is 19.6. The predicted octanol–water partition coefficient (Wildman–Crippen LogP) is 2.02. The maximum atomic E-state index is 12.7. The van der Waals surface area contributed by atoms with Gasteiger partial charge in [-0.1, -0.05) is 30.3 Å². The molecule has 1 aromatic carbocycles. The first-order valence-electron chi connectivity index (χ1n) is 9.50. The predicted molar refractivity (Wildman–Crippen MR) is 112 cm³/mol. The second-order valence-corrected chi connectivity index (χ2v) is 8.93. The number of hydrogen-bond donors (Lipinski definition) is 2. The molecule has 1 atom stereocenters. The van der Waals surface area contributed by atoms with Crippen LogP contribution in [0, 0.1) is 0 Å². The Balaban J connectivity index is 1.39. The topological polar surface area (TPSA) is 94.2 Å². The van der Waals surface area contributed by atoms with E-state index in [-0.39, 0.29) is 6.04 Å². The minimum Gasteiger partial charge on any atom is -0.360 e. The van der Waals surface area contributed by atoms with E-state index in [0.717, 1.165) is 17.0 Å². The quantitative estimate of drug-likeness (QED) is 0.619. The van der Waals surface area contributed by atoms with Gasteiger partial charge < -0.3 is 9.88 Å². The number of rotatable bonds is 7. The molecular weight excluding hydrogens is 388 g/mol. The van der Waals surface area contributed by atoms with Crippen molar-refractivity contribution in [3.8, 4) is 11.4 Å². The molecule has 1 aliphatic heterocycles. The van der Waals surface area contributed by atoms with Crippen LogP contribution in [0.15, 0.2) is 60.9 Å². The highest BCUT2D eigenvalue weighted by molar-refractivity contribution is 7.87. The van der Waals surface area contributed by atoms with Crippen molar-refractivity contribution in [1.82, 2.24) is 24.0 Å². The Bertz CT molecular complexity index is 1040. The fraction of sp³-hybridized carbons (Fsp3) is 0.300. The minimum absolute atomic E-state index is 0.184. The first-order chi connectivity index (χ1) is 14.0. The molecule has 3 heterocycles. The second-order valence-electron chi connectivity index (χ2n) is 7.12. The maximum Gasteiger partial charge on any atom is 0.279 e. The molecule has 0 amide bonds. The van der Waals surface area contributed by atoms with Gasteiger partial charge in [0.2, 0.25) is 5.95 Å². The third-order valence-corrected chi connectivity index (χ3v) is 6.54. The Morgan fingerprint density at radius 3 is 2.79 bits per heavy atom. The molecule has 1 unspecified atom stereocenters. The summed E-state index contributed by atoms with van der Waals surface area (Å²) in [7, 11) is -1.99. The highest BCUT2D eigenvalue weighted by Gasteiger charge is 2.29. The molecule has 0 aliphatic carbocycles. The number of anilines is 1. The van der Waals surface area contributed by atoms with Gasteiger partial charge in [-0.2, -0.15) is 17.4 Å². The molecule has 2 aromatic heterocycles. The Kier molecular flexibility index (Phi) is 5.61. The van der Waals surface area contributed by atoms with Crippen molar-refractivity contribution in [2.75, 3.05) is 25.0 Å². The van der Waals surface area contributed by atoms with E-state index in [1.165, 1.54) is 4.31 Å². The lowest BCUT2D eigenvalue weighted by atomic mass is 10.2. The lowest BCUT2D eigenvalue weighted by molar-refractivity contribution is 0.446. The van der Waals surface area contributed by atoms with Crippen LogP contribution in [0.5, 0.6) is 0 Å². The van der Waals surface area contributed by atoms with E-state index in [1.807, 2.05) is 59.6 Å². The van der Waals surface area contributed by atoms with E-state index in [4.69, 9.17) is 0 Å². The van der Waals surface area contributed by atoms with Gasteiger partial charge in [0.05, 0.1) is 11.4 Å². The largest absolute Gasteiger partial charge is 0.360 e. The Hall–Kier alpha value is -2.75. The van der Waals surface area contributed by atoms with Gasteiger partial charge in [0.25, 0.3) is 10.2 Å². The van der Waals surface area contributed by atoms with Crippen LogP contribution in [-0.2, 0) is 16.8 Å². The van der Waals surface area contributed by atoms with Crippen LogP contribution in [0.25, 0.3) is 11.4 Å². The molecule has 9 heteroatoms. The lowest BCUT2D eigenvalue weighted by Gasteiger charge is -2.21. The van der Waals surface area contributed by atoms with E-state index in [2.05, 4.69) is 19.7 Å². The Morgan fingerprint density at radius 2 is 2.03 bits per heavy atom. The number of nitrogens with zero attached hydrogens (tertiary/aromatic N) is 4. The Labute approximate surface area is 170 Å². The van der Waals surface area contributed by atoms with Crippen molar-refractivity contribution in [3.05, 3.63) is 66.5 Å². The van der Waals surface area contributed by atoms with Crippen molar-refractivity contribution in [2.24, 2.45) is 0 Å². The summed E-state index contributed by atoms with van der Waals surface area (Å²) in [5.74, 6) is 0.608. The normalized spacial score (nSPS) is 17.2. The highest BCUT2D eigenvalue weighted by Crippen LogP contribution is 2.21. The van der Waals surface area contributed by atoms with Crippen molar-refractivity contribution in [3.63, 3.8) is 0 Å². The second kappa shape index (κ2) is 8.32. The van der Waals surface area contributed by atoms with Crippen LogP contribution in [-0.4, -0.2) is 53.9 Å². The van der Waals surface area contributed by atoms with Gasteiger partial charge in [-0.25, -0.2) is 9.97 Å². The van der Waals surface area contributed by atoms with E-state index in [9.17, 15) is 8.42 Å². The molecule has 0 radical (unpaired) electrons. The number of nitrogens with one attached hydrogen (secondary N) is 2. The fourth-order valence-corrected chi connectivity index (χ4v) is 4.52. The minimum atomic E-state index is -3.58. The van der Waals surface area contributed by atoms with Crippen molar-refractivity contribution in [1.29, 1.82) is 0 Å². The Morgan fingerprint density at radius 1 is 1.21 bits per heavy atom. The summed E-state index contributed by atoms with van der Waals surface area (Å²) in [6, 6.07) is 15.1. The average molecular weight is 413 g/mol. The van der Waals surface area contributed by atoms with Crippen LogP contribution in [0.2, 0.25) is 0 Å². The third kappa shape index (κ3) is 4.64. The standard InChI is InChI=1S/C20H24N6O2S/c1-25(14-16-6-3-2-4-7-16)29(27,28)24-17-10-13-26(15-17)20-22-12-9-19(23-20)18-8-5-11-21-18/h2-9,11-12,17,21,24H,10,13-15H2,1H3. The number of H-pyrrole nitrogens is 1. The summed E-state index contributed by atoms with van der Waals surface area (Å²) in [5.41, 5.74) is 2.68.